The zero-order chi connectivity index (χ0) is 15.2. The number of rotatable bonds is 6. The number of nitrogens with one attached hydrogen (secondary N) is 1. The van der Waals surface area contributed by atoms with Crippen LogP contribution in [0.1, 0.15) is 12.5 Å². The van der Waals surface area contributed by atoms with Gasteiger partial charge in [0.25, 0.3) is 0 Å². The van der Waals surface area contributed by atoms with Gasteiger partial charge in [0.1, 0.15) is 11.9 Å². The molecule has 0 aliphatic carbocycles. The number of para-hydroxylation sites is 1. The second-order valence-corrected chi connectivity index (χ2v) is 4.04. The van der Waals surface area contributed by atoms with Gasteiger partial charge in [-0.2, -0.15) is 4.98 Å². The molecule has 0 saturated heterocycles. The van der Waals surface area contributed by atoms with Crippen molar-refractivity contribution in [2.45, 2.75) is 13.5 Å². The smallest absolute Gasteiger partial charge is 0.349 e. The van der Waals surface area contributed by atoms with Gasteiger partial charge in [0, 0.05) is 12.1 Å². The van der Waals surface area contributed by atoms with Crippen molar-refractivity contribution in [2.75, 3.05) is 11.9 Å². The van der Waals surface area contributed by atoms with Crippen LogP contribution in [0.3, 0.4) is 0 Å². The van der Waals surface area contributed by atoms with E-state index in [2.05, 4.69) is 15.3 Å². The topological polar surface area (TPSA) is 110 Å². The molecule has 0 amide bonds. The number of benzene rings is 1. The number of hydrogen-bond acceptors (Lipinski definition) is 7. The Balaban J connectivity index is 2.40. The Morgan fingerprint density at radius 3 is 2.86 bits per heavy atom. The maximum atomic E-state index is 11.0. The number of hydrogen-bond donors (Lipinski definition) is 2. The maximum absolute atomic E-state index is 11.0. The molecular formula is C13H14N4O4. The van der Waals surface area contributed by atoms with Gasteiger partial charge in [-0.15, -0.1) is 0 Å². The fourth-order valence-corrected chi connectivity index (χ4v) is 1.64. The standard InChI is InChI=1S/C13H14N4O4/c1-2-14-13-15-7-10(17(19)20)12(16-13)21-11-6-4-3-5-9(11)8-18/h3-7,18H,2,8H2,1H3,(H,14,15,16). The number of anilines is 1. The van der Waals surface area contributed by atoms with Crippen molar-refractivity contribution in [1.82, 2.24) is 9.97 Å². The minimum absolute atomic E-state index is 0.174. The molecule has 0 atom stereocenters. The highest BCUT2D eigenvalue weighted by molar-refractivity contribution is 5.46. The third-order valence-corrected chi connectivity index (χ3v) is 2.62. The number of nitrogens with zero attached hydrogens (tertiary/aromatic N) is 3. The molecule has 0 saturated carbocycles. The molecule has 0 spiro atoms. The third-order valence-electron chi connectivity index (χ3n) is 2.62. The lowest BCUT2D eigenvalue weighted by Crippen LogP contribution is -2.05. The van der Waals surface area contributed by atoms with Crippen LogP contribution >= 0.6 is 0 Å². The Morgan fingerprint density at radius 1 is 1.43 bits per heavy atom. The second-order valence-electron chi connectivity index (χ2n) is 4.04. The van der Waals surface area contributed by atoms with E-state index in [0.717, 1.165) is 6.20 Å². The Bertz CT molecular complexity index is 648. The van der Waals surface area contributed by atoms with Crippen molar-refractivity contribution in [3.8, 4) is 11.6 Å². The molecule has 8 heteroatoms. The summed E-state index contributed by atoms with van der Waals surface area (Å²) in [6, 6.07) is 6.70. The number of nitro groups is 1. The van der Waals surface area contributed by atoms with Crippen LogP contribution < -0.4 is 10.1 Å². The summed E-state index contributed by atoms with van der Waals surface area (Å²) in [5.74, 6) is 0.371. The van der Waals surface area contributed by atoms with Gasteiger partial charge >= 0.3 is 11.6 Å². The van der Waals surface area contributed by atoms with Crippen LogP contribution in [0.25, 0.3) is 0 Å². The summed E-state index contributed by atoms with van der Waals surface area (Å²) in [6.45, 7) is 2.19. The van der Waals surface area contributed by atoms with Crippen LogP contribution in [-0.2, 0) is 6.61 Å². The van der Waals surface area contributed by atoms with Crippen molar-refractivity contribution in [2.24, 2.45) is 0 Å². The summed E-state index contributed by atoms with van der Waals surface area (Å²) < 4.78 is 5.49. The van der Waals surface area contributed by atoms with Gasteiger partial charge in [-0.1, -0.05) is 18.2 Å². The molecule has 1 aromatic carbocycles. The van der Waals surface area contributed by atoms with Crippen molar-refractivity contribution in [3.63, 3.8) is 0 Å². The second kappa shape index (κ2) is 6.62. The van der Waals surface area contributed by atoms with Crippen LogP contribution in [0.15, 0.2) is 30.5 Å². The highest BCUT2D eigenvalue weighted by Gasteiger charge is 2.20. The van der Waals surface area contributed by atoms with Crippen LogP contribution in [0, 0.1) is 10.1 Å². The first-order valence-electron chi connectivity index (χ1n) is 6.27. The molecule has 1 aromatic heterocycles. The summed E-state index contributed by atoms with van der Waals surface area (Å²) >= 11 is 0. The zero-order valence-corrected chi connectivity index (χ0v) is 11.3. The number of aliphatic hydroxyl groups excluding tert-OH is 1. The van der Waals surface area contributed by atoms with E-state index in [-0.39, 0.29) is 24.1 Å². The Morgan fingerprint density at radius 2 is 2.19 bits per heavy atom. The molecule has 110 valence electrons. The van der Waals surface area contributed by atoms with Gasteiger partial charge < -0.3 is 15.2 Å². The molecule has 2 aromatic rings. The van der Waals surface area contributed by atoms with Gasteiger partial charge in [0.2, 0.25) is 5.95 Å². The predicted octanol–water partition coefficient (Wildman–Crippen LogP) is 2.10. The number of aliphatic hydroxyl groups is 1. The van der Waals surface area contributed by atoms with E-state index in [1.807, 2.05) is 6.92 Å². The molecule has 8 nitrogen and oxygen atoms in total. The van der Waals surface area contributed by atoms with E-state index in [9.17, 15) is 15.2 Å². The summed E-state index contributed by atoms with van der Waals surface area (Å²) in [7, 11) is 0. The Labute approximate surface area is 120 Å². The minimum atomic E-state index is -0.618. The fourth-order valence-electron chi connectivity index (χ4n) is 1.64. The Hall–Kier alpha value is -2.74. The van der Waals surface area contributed by atoms with Gasteiger partial charge in [-0.3, -0.25) is 10.1 Å². The van der Waals surface area contributed by atoms with E-state index in [1.54, 1.807) is 24.3 Å². The van der Waals surface area contributed by atoms with Gasteiger partial charge in [0.05, 0.1) is 11.5 Å². The summed E-state index contributed by atoms with van der Waals surface area (Å²) in [5, 5.41) is 23.1. The third kappa shape index (κ3) is 3.42. The van der Waals surface area contributed by atoms with E-state index in [0.29, 0.717) is 17.9 Å². The molecule has 2 rings (SSSR count). The average Bonchev–Trinajstić information content (AvgIpc) is 2.48. The van der Waals surface area contributed by atoms with E-state index < -0.39 is 4.92 Å². The molecule has 0 unspecified atom stereocenters. The van der Waals surface area contributed by atoms with Crippen molar-refractivity contribution in [3.05, 3.63) is 46.1 Å². The van der Waals surface area contributed by atoms with Gasteiger partial charge in [0.15, 0.2) is 0 Å². The molecule has 0 radical (unpaired) electrons. The first-order valence-corrected chi connectivity index (χ1v) is 6.27. The molecule has 0 aliphatic heterocycles. The van der Waals surface area contributed by atoms with Crippen LogP contribution in [0.2, 0.25) is 0 Å². The molecule has 0 bridgehead atoms. The van der Waals surface area contributed by atoms with E-state index >= 15 is 0 Å². The summed E-state index contributed by atoms with van der Waals surface area (Å²) in [4.78, 5) is 18.2. The van der Waals surface area contributed by atoms with E-state index in [1.165, 1.54) is 0 Å². The largest absolute Gasteiger partial charge is 0.433 e. The van der Waals surface area contributed by atoms with Crippen LogP contribution in [0.4, 0.5) is 11.6 Å². The van der Waals surface area contributed by atoms with Gasteiger partial charge in [-0.25, -0.2) is 4.98 Å². The van der Waals surface area contributed by atoms with Crippen molar-refractivity contribution in [1.29, 1.82) is 0 Å². The van der Waals surface area contributed by atoms with Crippen molar-refractivity contribution < 1.29 is 14.8 Å². The summed E-state index contributed by atoms with van der Waals surface area (Å²) in [5.41, 5.74) is 0.166. The van der Waals surface area contributed by atoms with E-state index in [4.69, 9.17) is 4.74 Å². The fraction of sp³-hybridized carbons (Fsp3) is 0.231. The van der Waals surface area contributed by atoms with Gasteiger partial charge in [-0.05, 0) is 13.0 Å². The molecule has 1 heterocycles. The van der Waals surface area contributed by atoms with Crippen LogP contribution in [-0.4, -0.2) is 26.5 Å². The monoisotopic (exact) mass is 290 g/mol. The zero-order valence-electron chi connectivity index (χ0n) is 11.3. The Kier molecular flexibility index (Phi) is 4.62. The lowest BCUT2D eigenvalue weighted by Gasteiger charge is -2.09. The molecule has 0 fully saturated rings. The lowest BCUT2D eigenvalue weighted by molar-refractivity contribution is -0.386. The normalized spacial score (nSPS) is 10.2. The highest BCUT2D eigenvalue weighted by Crippen LogP contribution is 2.31. The predicted molar refractivity (Wildman–Crippen MR) is 75.3 cm³/mol. The highest BCUT2D eigenvalue weighted by atomic mass is 16.6. The van der Waals surface area contributed by atoms with Crippen LogP contribution in [0.5, 0.6) is 11.6 Å². The number of aromatic nitrogens is 2. The van der Waals surface area contributed by atoms with Crippen molar-refractivity contribution >= 4 is 11.6 Å². The summed E-state index contributed by atoms with van der Waals surface area (Å²) in [6.07, 6.45) is 1.09. The molecule has 2 N–H and O–H groups in total. The number of ether oxygens (including phenoxy) is 1. The molecule has 0 aliphatic rings. The molecular weight excluding hydrogens is 276 g/mol. The minimum Gasteiger partial charge on any atom is -0.433 e. The quantitative estimate of drug-likeness (QED) is 0.619. The average molecular weight is 290 g/mol. The molecule has 21 heavy (non-hydrogen) atoms. The lowest BCUT2D eigenvalue weighted by atomic mass is 10.2. The SMILES string of the molecule is CCNc1ncc([N+](=O)[O-])c(Oc2ccccc2CO)n1. The maximum Gasteiger partial charge on any atom is 0.349 e. The first kappa shape index (κ1) is 14.7. The first-order chi connectivity index (χ1) is 10.2.